The molecule has 1 aromatic rings. The average molecular weight is 344 g/mol. The number of nitrogens with one attached hydrogen (secondary N) is 1. The Morgan fingerprint density at radius 2 is 2.27 bits per heavy atom. The van der Waals surface area contributed by atoms with Crippen molar-refractivity contribution < 1.29 is 4.74 Å². The first-order chi connectivity index (χ1) is 10.5. The lowest BCUT2D eigenvalue weighted by Gasteiger charge is -2.27. The standard InChI is InChI=1S/C16H23Cl2N3O/c1-10-9-22-6-5-12(10)8-20-16(19)21-11(2)14-4-3-13(17)7-15(14)18/h3-4,7,10-12H,5-6,8-9H2,1-2H3,(H3,19,20,21). The Morgan fingerprint density at radius 3 is 2.95 bits per heavy atom. The summed E-state index contributed by atoms with van der Waals surface area (Å²) in [5.41, 5.74) is 6.94. The lowest BCUT2D eigenvalue weighted by molar-refractivity contribution is 0.0273. The molecule has 122 valence electrons. The van der Waals surface area contributed by atoms with Gasteiger partial charge in [0.2, 0.25) is 0 Å². The number of rotatable bonds is 4. The minimum Gasteiger partial charge on any atom is -0.381 e. The molecule has 1 aliphatic heterocycles. The number of ether oxygens (including phenoxy) is 1. The van der Waals surface area contributed by atoms with Crippen molar-refractivity contribution in [2.24, 2.45) is 22.6 Å². The van der Waals surface area contributed by atoms with E-state index in [1.807, 2.05) is 19.1 Å². The van der Waals surface area contributed by atoms with Gasteiger partial charge in [-0.15, -0.1) is 0 Å². The molecule has 4 nitrogen and oxygen atoms in total. The van der Waals surface area contributed by atoms with Crippen LogP contribution >= 0.6 is 23.2 Å². The van der Waals surface area contributed by atoms with Crippen molar-refractivity contribution in [3.8, 4) is 0 Å². The van der Waals surface area contributed by atoms with Gasteiger partial charge in [0.25, 0.3) is 0 Å². The number of aliphatic imine (C=N–C) groups is 1. The summed E-state index contributed by atoms with van der Waals surface area (Å²) in [7, 11) is 0. The molecule has 0 amide bonds. The number of nitrogens with zero attached hydrogens (tertiary/aromatic N) is 1. The molecule has 3 unspecified atom stereocenters. The third-order valence-corrected chi connectivity index (χ3v) is 4.67. The molecule has 3 N–H and O–H groups in total. The van der Waals surface area contributed by atoms with Gasteiger partial charge >= 0.3 is 0 Å². The zero-order valence-corrected chi connectivity index (χ0v) is 14.5. The number of hydrogen-bond donors (Lipinski definition) is 2. The fourth-order valence-electron chi connectivity index (χ4n) is 2.61. The smallest absolute Gasteiger partial charge is 0.189 e. The lowest BCUT2D eigenvalue weighted by atomic mass is 9.90. The Bertz CT molecular complexity index is 536. The van der Waals surface area contributed by atoms with Crippen LogP contribution in [0.1, 0.15) is 31.9 Å². The third kappa shape index (κ3) is 4.77. The van der Waals surface area contributed by atoms with Crippen LogP contribution in [0.25, 0.3) is 0 Å². The third-order valence-electron chi connectivity index (χ3n) is 4.11. The predicted octanol–water partition coefficient (Wildman–Crippen LogP) is 3.63. The molecule has 0 bridgehead atoms. The molecule has 1 fully saturated rings. The van der Waals surface area contributed by atoms with E-state index in [4.69, 9.17) is 33.7 Å². The summed E-state index contributed by atoms with van der Waals surface area (Å²) < 4.78 is 5.44. The molecule has 6 heteroatoms. The number of halogens is 2. The maximum atomic E-state index is 6.21. The van der Waals surface area contributed by atoms with Crippen molar-refractivity contribution in [1.82, 2.24) is 5.32 Å². The van der Waals surface area contributed by atoms with Crippen LogP contribution in [-0.4, -0.2) is 25.7 Å². The highest BCUT2D eigenvalue weighted by molar-refractivity contribution is 6.35. The van der Waals surface area contributed by atoms with Gasteiger partial charge in [-0.05, 0) is 42.9 Å². The quantitative estimate of drug-likeness (QED) is 0.648. The van der Waals surface area contributed by atoms with Crippen LogP contribution in [0.3, 0.4) is 0 Å². The van der Waals surface area contributed by atoms with Gasteiger partial charge < -0.3 is 15.8 Å². The fraction of sp³-hybridized carbons (Fsp3) is 0.562. The topological polar surface area (TPSA) is 59.6 Å². The number of guanidine groups is 1. The van der Waals surface area contributed by atoms with Gasteiger partial charge in [0, 0.05) is 29.8 Å². The zero-order valence-electron chi connectivity index (χ0n) is 13.0. The van der Waals surface area contributed by atoms with Gasteiger partial charge in [0.15, 0.2) is 5.96 Å². The molecule has 0 aliphatic carbocycles. The number of hydrogen-bond acceptors (Lipinski definition) is 2. The molecule has 0 aromatic heterocycles. The number of benzene rings is 1. The first kappa shape index (κ1) is 17.4. The van der Waals surface area contributed by atoms with Crippen LogP contribution in [0.5, 0.6) is 0 Å². The number of nitrogens with two attached hydrogens (primary N) is 1. The molecular formula is C16H23Cl2N3O. The highest BCUT2D eigenvalue weighted by Gasteiger charge is 2.21. The second-order valence-electron chi connectivity index (χ2n) is 5.86. The first-order valence-corrected chi connectivity index (χ1v) is 8.32. The van der Waals surface area contributed by atoms with E-state index in [1.165, 1.54) is 0 Å². The van der Waals surface area contributed by atoms with Crippen molar-refractivity contribution in [2.45, 2.75) is 26.3 Å². The van der Waals surface area contributed by atoms with Crippen LogP contribution in [-0.2, 0) is 4.74 Å². The van der Waals surface area contributed by atoms with E-state index in [-0.39, 0.29) is 6.04 Å². The SMILES string of the molecule is CC(NC(N)=NCC1CCOCC1C)c1ccc(Cl)cc1Cl. The van der Waals surface area contributed by atoms with Crippen molar-refractivity contribution in [1.29, 1.82) is 0 Å². The summed E-state index contributed by atoms with van der Waals surface area (Å²) in [6, 6.07) is 5.42. The van der Waals surface area contributed by atoms with Gasteiger partial charge in [0.05, 0.1) is 6.04 Å². The van der Waals surface area contributed by atoms with Crippen LogP contribution < -0.4 is 11.1 Å². The monoisotopic (exact) mass is 343 g/mol. The van der Waals surface area contributed by atoms with Crippen molar-refractivity contribution in [3.63, 3.8) is 0 Å². The largest absolute Gasteiger partial charge is 0.381 e. The second kappa shape index (κ2) is 8.04. The second-order valence-corrected chi connectivity index (χ2v) is 6.70. The summed E-state index contributed by atoms with van der Waals surface area (Å²) in [4.78, 5) is 4.47. The summed E-state index contributed by atoms with van der Waals surface area (Å²) in [6.45, 7) is 6.54. The zero-order chi connectivity index (χ0) is 16.1. The summed E-state index contributed by atoms with van der Waals surface area (Å²) in [5.74, 6) is 1.49. The van der Waals surface area contributed by atoms with E-state index >= 15 is 0 Å². The molecule has 22 heavy (non-hydrogen) atoms. The first-order valence-electron chi connectivity index (χ1n) is 7.56. The Hall–Kier alpha value is -0.970. The molecule has 2 rings (SSSR count). The molecule has 0 radical (unpaired) electrons. The van der Waals surface area contributed by atoms with E-state index in [0.29, 0.717) is 27.8 Å². The van der Waals surface area contributed by atoms with Gasteiger partial charge in [-0.3, -0.25) is 4.99 Å². The molecule has 1 heterocycles. The van der Waals surface area contributed by atoms with Crippen molar-refractivity contribution >= 4 is 29.2 Å². The summed E-state index contributed by atoms with van der Waals surface area (Å²) in [5, 5.41) is 4.42. The predicted molar refractivity (Wildman–Crippen MR) is 92.6 cm³/mol. The summed E-state index contributed by atoms with van der Waals surface area (Å²) in [6.07, 6.45) is 1.04. The van der Waals surface area contributed by atoms with Crippen molar-refractivity contribution in [2.75, 3.05) is 19.8 Å². The van der Waals surface area contributed by atoms with E-state index in [9.17, 15) is 0 Å². The van der Waals surface area contributed by atoms with E-state index in [2.05, 4.69) is 17.2 Å². The fourth-order valence-corrected chi connectivity index (χ4v) is 3.18. The molecular weight excluding hydrogens is 321 g/mol. The van der Waals surface area contributed by atoms with Crippen LogP contribution in [0.15, 0.2) is 23.2 Å². The minimum absolute atomic E-state index is 0.0272. The maximum absolute atomic E-state index is 6.21. The Balaban J connectivity index is 1.92. The molecule has 1 saturated heterocycles. The Labute approximate surface area is 142 Å². The Kier molecular flexibility index (Phi) is 6.36. The van der Waals surface area contributed by atoms with Crippen LogP contribution in [0.2, 0.25) is 10.0 Å². The maximum Gasteiger partial charge on any atom is 0.189 e. The summed E-state index contributed by atoms with van der Waals surface area (Å²) >= 11 is 12.1. The van der Waals surface area contributed by atoms with E-state index in [1.54, 1.807) is 6.07 Å². The normalized spacial score (nSPS) is 24.1. The van der Waals surface area contributed by atoms with E-state index < -0.39 is 0 Å². The van der Waals surface area contributed by atoms with Gasteiger partial charge in [-0.25, -0.2) is 0 Å². The van der Waals surface area contributed by atoms with Crippen LogP contribution in [0, 0.1) is 11.8 Å². The molecule has 1 aromatic carbocycles. The molecule has 1 aliphatic rings. The van der Waals surface area contributed by atoms with Gasteiger partial charge in [-0.2, -0.15) is 0 Å². The Morgan fingerprint density at radius 1 is 1.50 bits per heavy atom. The highest BCUT2D eigenvalue weighted by Crippen LogP contribution is 2.26. The van der Waals surface area contributed by atoms with Crippen LogP contribution in [0.4, 0.5) is 0 Å². The van der Waals surface area contributed by atoms with Gasteiger partial charge in [-0.1, -0.05) is 36.2 Å². The molecule has 0 saturated carbocycles. The minimum atomic E-state index is -0.0272. The average Bonchev–Trinajstić information content (AvgIpc) is 2.46. The molecule has 0 spiro atoms. The highest BCUT2D eigenvalue weighted by atomic mass is 35.5. The lowest BCUT2D eigenvalue weighted by Crippen LogP contribution is -2.35. The molecule has 3 atom stereocenters. The van der Waals surface area contributed by atoms with E-state index in [0.717, 1.165) is 31.7 Å². The van der Waals surface area contributed by atoms with Gasteiger partial charge in [0.1, 0.15) is 0 Å². The van der Waals surface area contributed by atoms with Crippen molar-refractivity contribution in [3.05, 3.63) is 33.8 Å².